The van der Waals surface area contributed by atoms with Gasteiger partial charge in [-0.05, 0) is 12.1 Å². The van der Waals surface area contributed by atoms with Gasteiger partial charge in [0.05, 0.1) is 25.3 Å². The summed E-state index contributed by atoms with van der Waals surface area (Å²) in [5, 5.41) is 10.5. The summed E-state index contributed by atoms with van der Waals surface area (Å²) < 4.78 is 34.9. The fraction of sp³-hybridized carbons (Fsp3) is 0.417. The van der Waals surface area contributed by atoms with Gasteiger partial charge in [0, 0.05) is 13.1 Å². The molecule has 0 bridgehead atoms. The van der Waals surface area contributed by atoms with Crippen LogP contribution in [0.15, 0.2) is 17.0 Å². The predicted molar refractivity (Wildman–Crippen MR) is 75.4 cm³/mol. The van der Waals surface area contributed by atoms with Crippen LogP contribution in [-0.4, -0.2) is 46.8 Å². The van der Waals surface area contributed by atoms with E-state index in [0.717, 1.165) is 0 Å². The molecule has 2 rings (SSSR count). The SMILES string of the molecule is COc1ccc(S(=O)(=O)NN2CCOCC2)c(Cl)c1C#N. The number of hydrazine groups is 1. The summed E-state index contributed by atoms with van der Waals surface area (Å²) in [5.74, 6) is 0.229. The van der Waals surface area contributed by atoms with Crippen LogP contribution < -0.4 is 9.57 Å². The normalized spacial score (nSPS) is 16.4. The Morgan fingerprint density at radius 3 is 2.67 bits per heavy atom. The van der Waals surface area contributed by atoms with E-state index in [4.69, 9.17) is 26.3 Å². The van der Waals surface area contributed by atoms with Gasteiger partial charge in [0.1, 0.15) is 22.3 Å². The molecule has 1 heterocycles. The summed E-state index contributed by atoms with van der Waals surface area (Å²) in [6.07, 6.45) is 0. The highest BCUT2D eigenvalue weighted by Gasteiger charge is 2.25. The fourth-order valence-corrected chi connectivity index (χ4v) is 3.60. The lowest BCUT2D eigenvalue weighted by atomic mass is 10.2. The van der Waals surface area contributed by atoms with Gasteiger partial charge >= 0.3 is 0 Å². The molecule has 1 fully saturated rings. The quantitative estimate of drug-likeness (QED) is 0.875. The molecular formula is C12H14ClN3O4S. The number of nitrogens with zero attached hydrogens (tertiary/aromatic N) is 2. The molecule has 0 radical (unpaired) electrons. The predicted octanol–water partition coefficient (Wildman–Crippen LogP) is 0.746. The molecule has 114 valence electrons. The first-order chi connectivity index (χ1) is 9.99. The van der Waals surface area contributed by atoms with E-state index in [-0.39, 0.29) is 21.2 Å². The number of nitriles is 1. The minimum Gasteiger partial charge on any atom is -0.495 e. The molecule has 0 atom stereocenters. The molecule has 1 aromatic rings. The second-order valence-electron chi connectivity index (χ2n) is 4.26. The van der Waals surface area contributed by atoms with Crippen molar-refractivity contribution in [3.63, 3.8) is 0 Å². The molecule has 0 saturated carbocycles. The van der Waals surface area contributed by atoms with E-state index < -0.39 is 10.0 Å². The van der Waals surface area contributed by atoms with Crippen LogP contribution in [-0.2, 0) is 14.8 Å². The minimum absolute atomic E-state index is 0.0102. The average Bonchev–Trinajstić information content (AvgIpc) is 2.47. The van der Waals surface area contributed by atoms with Gasteiger partial charge in [-0.2, -0.15) is 5.26 Å². The lowest BCUT2D eigenvalue weighted by molar-refractivity contribution is 0.0272. The molecule has 1 N–H and O–H groups in total. The maximum absolute atomic E-state index is 12.4. The first kappa shape index (κ1) is 16.0. The Morgan fingerprint density at radius 2 is 2.10 bits per heavy atom. The summed E-state index contributed by atoms with van der Waals surface area (Å²) in [6, 6.07) is 4.56. The van der Waals surface area contributed by atoms with E-state index in [1.54, 1.807) is 0 Å². The molecule has 0 aliphatic carbocycles. The Labute approximate surface area is 128 Å². The first-order valence-electron chi connectivity index (χ1n) is 6.11. The van der Waals surface area contributed by atoms with Gasteiger partial charge in [-0.25, -0.2) is 13.4 Å². The fourth-order valence-electron chi connectivity index (χ4n) is 1.89. The van der Waals surface area contributed by atoms with Gasteiger partial charge in [0.2, 0.25) is 0 Å². The van der Waals surface area contributed by atoms with Gasteiger partial charge in [0.15, 0.2) is 0 Å². The van der Waals surface area contributed by atoms with E-state index in [2.05, 4.69) is 4.83 Å². The van der Waals surface area contributed by atoms with Gasteiger partial charge in [0.25, 0.3) is 10.0 Å². The van der Waals surface area contributed by atoms with Crippen LogP contribution in [0, 0.1) is 11.3 Å². The van der Waals surface area contributed by atoms with Crippen LogP contribution in [0.4, 0.5) is 0 Å². The number of rotatable bonds is 4. The molecule has 1 aromatic carbocycles. The summed E-state index contributed by atoms with van der Waals surface area (Å²) in [6.45, 7) is 1.78. The second-order valence-corrected chi connectivity index (χ2v) is 6.27. The number of methoxy groups -OCH3 is 1. The molecule has 0 unspecified atom stereocenters. The van der Waals surface area contributed by atoms with Crippen molar-refractivity contribution in [2.45, 2.75) is 4.90 Å². The van der Waals surface area contributed by atoms with Crippen LogP contribution in [0.5, 0.6) is 5.75 Å². The third-order valence-corrected chi connectivity index (χ3v) is 4.87. The van der Waals surface area contributed by atoms with Crippen molar-refractivity contribution in [3.05, 3.63) is 22.7 Å². The van der Waals surface area contributed by atoms with Crippen LogP contribution in [0.1, 0.15) is 5.56 Å². The first-order valence-corrected chi connectivity index (χ1v) is 7.97. The smallest absolute Gasteiger partial charge is 0.254 e. The summed E-state index contributed by atoms with van der Waals surface area (Å²) in [5.41, 5.74) is -0.0102. The Morgan fingerprint density at radius 1 is 1.43 bits per heavy atom. The van der Waals surface area contributed by atoms with Gasteiger partial charge in [-0.3, -0.25) is 0 Å². The minimum atomic E-state index is -3.87. The van der Waals surface area contributed by atoms with Crippen molar-refractivity contribution < 1.29 is 17.9 Å². The van der Waals surface area contributed by atoms with Crippen molar-refractivity contribution in [3.8, 4) is 11.8 Å². The number of nitrogens with one attached hydrogen (secondary N) is 1. The third kappa shape index (κ3) is 3.45. The monoisotopic (exact) mass is 331 g/mol. The highest BCUT2D eigenvalue weighted by molar-refractivity contribution is 7.89. The molecular weight excluding hydrogens is 318 g/mol. The molecule has 1 saturated heterocycles. The van der Waals surface area contributed by atoms with E-state index in [9.17, 15) is 8.42 Å². The van der Waals surface area contributed by atoms with Crippen LogP contribution in [0.25, 0.3) is 0 Å². The zero-order valence-corrected chi connectivity index (χ0v) is 12.9. The Hall–Kier alpha value is -1.37. The maximum atomic E-state index is 12.4. The topological polar surface area (TPSA) is 91.7 Å². The summed E-state index contributed by atoms with van der Waals surface area (Å²) >= 11 is 6.03. The number of morpholine rings is 1. The standard InChI is InChI=1S/C12H14ClN3O4S/c1-19-10-2-3-11(12(13)9(10)8-14)21(17,18)15-16-4-6-20-7-5-16/h2-3,15H,4-7H2,1H3. The van der Waals surface area contributed by atoms with Gasteiger partial charge in [-0.1, -0.05) is 11.6 Å². The molecule has 7 nitrogen and oxygen atoms in total. The van der Waals surface area contributed by atoms with Crippen molar-refractivity contribution in [2.24, 2.45) is 0 Å². The lowest BCUT2D eigenvalue weighted by Gasteiger charge is -2.26. The molecule has 1 aliphatic rings. The number of ether oxygens (including phenoxy) is 2. The van der Waals surface area contributed by atoms with Crippen molar-refractivity contribution in [1.82, 2.24) is 9.84 Å². The van der Waals surface area contributed by atoms with Crippen LogP contribution in [0.3, 0.4) is 0 Å². The maximum Gasteiger partial charge on any atom is 0.254 e. The highest BCUT2D eigenvalue weighted by Crippen LogP contribution is 2.31. The number of hydrogen-bond acceptors (Lipinski definition) is 6. The Kier molecular flexibility index (Phi) is 5.03. The van der Waals surface area contributed by atoms with Gasteiger partial charge in [-0.15, -0.1) is 4.83 Å². The number of halogens is 1. The van der Waals surface area contributed by atoms with Gasteiger partial charge < -0.3 is 9.47 Å². The van der Waals surface area contributed by atoms with Crippen LogP contribution in [0.2, 0.25) is 5.02 Å². The van der Waals surface area contributed by atoms with Crippen molar-refractivity contribution in [1.29, 1.82) is 5.26 Å². The Balaban J connectivity index is 2.34. The number of sulfonamides is 1. The molecule has 21 heavy (non-hydrogen) atoms. The zero-order valence-electron chi connectivity index (χ0n) is 11.3. The van der Waals surface area contributed by atoms with Crippen molar-refractivity contribution in [2.75, 3.05) is 33.4 Å². The van der Waals surface area contributed by atoms with Crippen LogP contribution >= 0.6 is 11.6 Å². The van der Waals surface area contributed by atoms with E-state index >= 15 is 0 Å². The molecule has 0 aromatic heterocycles. The largest absolute Gasteiger partial charge is 0.495 e. The summed E-state index contributed by atoms with van der Waals surface area (Å²) in [4.78, 5) is 2.27. The number of benzene rings is 1. The van der Waals surface area contributed by atoms with Crippen molar-refractivity contribution >= 4 is 21.6 Å². The van der Waals surface area contributed by atoms with E-state index in [0.29, 0.717) is 26.3 Å². The lowest BCUT2D eigenvalue weighted by Crippen LogP contribution is -2.48. The second kappa shape index (κ2) is 6.60. The number of hydrogen-bond donors (Lipinski definition) is 1. The average molecular weight is 332 g/mol. The van der Waals surface area contributed by atoms with E-state index in [1.807, 2.05) is 6.07 Å². The Bertz CT molecular complexity index is 666. The molecule has 1 aliphatic heterocycles. The molecule has 9 heteroatoms. The molecule has 0 amide bonds. The van der Waals surface area contributed by atoms with E-state index in [1.165, 1.54) is 24.3 Å². The third-order valence-electron chi connectivity index (χ3n) is 2.95. The summed E-state index contributed by atoms with van der Waals surface area (Å²) in [7, 11) is -2.48. The highest BCUT2D eigenvalue weighted by atomic mass is 35.5. The molecule has 0 spiro atoms. The zero-order chi connectivity index (χ0) is 15.5.